The standard InChI is InChI=1S/C44H48ClF3N2O5/c1-4-23-50(41(53)49-31-10-6-5-7-11-31)27-43(54)22-20-36-33-16-13-29(24-32(51)15-12-28(2)9-8-21-42(36,43)3)25-34(33)40(52)39-19-18-38(55-39)35-26-30(44(46,47)48)14-17-37(35)45/h5-7,9-11,13-14,16-19,25-26,32,36,51,54H,4,8,12,15,20-24,27H2,1-3H3,(H,49,53). The summed E-state index contributed by atoms with van der Waals surface area (Å²) < 4.78 is 46.7. The molecule has 11 heteroatoms. The van der Waals surface area contributed by atoms with Gasteiger partial charge in [-0.3, -0.25) is 4.79 Å². The van der Waals surface area contributed by atoms with Crippen LogP contribution in [0.4, 0.5) is 23.7 Å². The Morgan fingerprint density at radius 1 is 1.02 bits per heavy atom. The summed E-state index contributed by atoms with van der Waals surface area (Å²) in [5, 5.41) is 26.8. The van der Waals surface area contributed by atoms with Crippen LogP contribution in [-0.2, 0) is 12.6 Å². The van der Waals surface area contributed by atoms with Crippen LogP contribution in [0.2, 0.25) is 5.02 Å². The van der Waals surface area contributed by atoms with Gasteiger partial charge in [-0.1, -0.05) is 67.4 Å². The van der Waals surface area contributed by atoms with Crippen LogP contribution in [0.1, 0.15) is 104 Å². The Hall–Kier alpha value is -4.38. The number of rotatable bonds is 8. The zero-order valence-corrected chi connectivity index (χ0v) is 32.1. The zero-order valence-electron chi connectivity index (χ0n) is 31.4. The highest BCUT2D eigenvalue weighted by Gasteiger charge is 2.57. The average Bonchev–Trinajstić information content (AvgIpc) is 3.73. The van der Waals surface area contributed by atoms with E-state index < -0.39 is 34.6 Å². The van der Waals surface area contributed by atoms with Crippen molar-refractivity contribution >= 4 is 29.1 Å². The Labute approximate surface area is 325 Å². The van der Waals surface area contributed by atoms with E-state index in [0.717, 1.165) is 29.3 Å². The van der Waals surface area contributed by atoms with Crippen LogP contribution < -0.4 is 5.32 Å². The molecule has 1 saturated carbocycles. The summed E-state index contributed by atoms with van der Waals surface area (Å²) >= 11 is 6.32. The third kappa shape index (κ3) is 8.72. The molecule has 2 bridgehead atoms. The van der Waals surface area contributed by atoms with Gasteiger partial charge in [-0.25, -0.2) is 4.79 Å². The number of furan rings is 1. The van der Waals surface area contributed by atoms with Crippen LogP contribution in [0.5, 0.6) is 0 Å². The molecule has 7 nitrogen and oxygen atoms in total. The Bertz CT molecular complexity index is 2050. The van der Waals surface area contributed by atoms with Crippen molar-refractivity contribution in [2.24, 2.45) is 5.41 Å². The van der Waals surface area contributed by atoms with E-state index in [0.29, 0.717) is 74.7 Å². The van der Waals surface area contributed by atoms with Gasteiger partial charge in [0.25, 0.3) is 0 Å². The number of halogens is 4. The lowest BCUT2D eigenvalue weighted by Crippen LogP contribution is -2.54. The molecule has 3 N–H and O–H groups in total. The van der Waals surface area contributed by atoms with Gasteiger partial charge in [0.15, 0.2) is 5.76 Å². The molecule has 1 fully saturated rings. The molecule has 1 aromatic heterocycles. The summed E-state index contributed by atoms with van der Waals surface area (Å²) in [6.45, 7) is 6.59. The Kier molecular flexibility index (Phi) is 12.0. The minimum Gasteiger partial charge on any atom is -0.453 e. The van der Waals surface area contributed by atoms with Crippen LogP contribution in [0, 0.1) is 5.41 Å². The predicted octanol–water partition coefficient (Wildman–Crippen LogP) is 10.8. The van der Waals surface area contributed by atoms with E-state index in [1.165, 1.54) is 12.1 Å². The summed E-state index contributed by atoms with van der Waals surface area (Å²) in [5.41, 5.74) is 0.551. The second-order valence-electron chi connectivity index (χ2n) is 15.4. The van der Waals surface area contributed by atoms with Crippen molar-refractivity contribution in [3.8, 4) is 11.3 Å². The Morgan fingerprint density at radius 3 is 2.51 bits per heavy atom. The minimum atomic E-state index is -4.60. The zero-order chi connectivity index (χ0) is 39.5. The van der Waals surface area contributed by atoms with Gasteiger partial charge in [-0.2, -0.15) is 13.2 Å². The number of aliphatic hydroxyl groups excluding tert-OH is 1. The van der Waals surface area contributed by atoms with Crippen molar-refractivity contribution in [1.82, 2.24) is 4.90 Å². The lowest BCUT2D eigenvalue weighted by molar-refractivity contribution is -0.137. The van der Waals surface area contributed by atoms with Crippen LogP contribution in [0.25, 0.3) is 11.3 Å². The molecule has 3 aromatic carbocycles. The first-order valence-electron chi connectivity index (χ1n) is 18.9. The van der Waals surface area contributed by atoms with Gasteiger partial charge < -0.3 is 24.8 Å². The normalized spacial score (nSPS) is 23.1. The third-order valence-corrected chi connectivity index (χ3v) is 11.9. The molecular formula is C44H48ClF3N2O5. The molecule has 4 aromatic rings. The first-order valence-corrected chi connectivity index (χ1v) is 19.3. The fourth-order valence-corrected chi connectivity index (χ4v) is 8.60. The van der Waals surface area contributed by atoms with Crippen molar-refractivity contribution in [3.63, 3.8) is 0 Å². The molecule has 55 heavy (non-hydrogen) atoms. The van der Waals surface area contributed by atoms with Gasteiger partial charge in [-0.05, 0) is 124 Å². The van der Waals surface area contributed by atoms with Gasteiger partial charge in [-0.15, -0.1) is 0 Å². The van der Waals surface area contributed by atoms with E-state index >= 15 is 0 Å². The molecule has 0 radical (unpaired) electrons. The topological polar surface area (TPSA) is 103 Å². The number of urea groups is 1. The van der Waals surface area contributed by atoms with Gasteiger partial charge in [0.05, 0.1) is 28.8 Å². The van der Waals surface area contributed by atoms with Crippen molar-refractivity contribution in [3.05, 3.63) is 124 Å². The number of benzene rings is 3. The molecule has 3 aliphatic rings. The molecule has 0 aliphatic heterocycles. The van der Waals surface area contributed by atoms with E-state index in [-0.39, 0.29) is 40.6 Å². The molecule has 0 spiro atoms. The SMILES string of the molecule is CCCN(CC1(O)CCC2c3ccc(cc3C(=O)c3ccc(-c4cc(C(F)(F)F)ccc4Cl)o3)CC(O)CCC(C)=CCCC21C)C(=O)Nc1ccccc1. The van der Waals surface area contributed by atoms with Crippen molar-refractivity contribution in [2.45, 2.75) is 95.9 Å². The smallest absolute Gasteiger partial charge is 0.416 e. The highest BCUT2D eigenvalue weighted by molar-refractivity contribution is 6.33. The molecule has 3 aliphatic carbocycles. The van der Waals surface area contributed by atoms with E-state index in [2.05, 4.69) is 11.4 Å². The lowest BCUT2D eigenvalue weighted by atomic mass is 9.64. The Balaban J connectivity index is 1.40. The van der Waals surface area contributed by atoms with Crippen LogP contribution in [0.3, 0.4) is 0 Å². The molecule has 4 unspecified atom stereocenters. The number of fused-ring (bicyclic) bond motifs is 8. The number of carbonyl (C=O) groups excluding carboxylic acids is 2. The molecule has 4 atom stereocenters. The predicted molar refractivity (Wildman–Crippen MR) is 208 cm³/mol. The summed E-state index contributed by atoms with van der Waals surface area (Å²) in [6.07, 6.45) is 1.22. The van der Waals surface area contributed by atoms with Gasteiger partial charge >= 0.3 is 12.2 Å². The third-order valence-electron chi connectivity index (χ3n) is 11.6. The quantitative estimate of drug-likeness (QED) is 0.122. The maximum atomic E-state index is 14.6. The fourth-order valence-electron chi connectivity index (χ4n) is 8.39. The number of aliphatic hydroxyl groups is 2. The number of para-hydroxylation sites is 1. The number of nitrogens with one attached hydrogen (secondary N) is 1. The monoisotopic (exact) mass is 776 g/mol. The second kappa shape index (κ2) is 16.4. The fraction of sp³-hybridized carbons (Fsp3) is 0.409. The molecule has 7 rings (SSSR count). The number of ketones is 1. The number of hydrogen-bond donors (Lipinski definition) is 3. The van der Waals surface area contributed by atoms with E-state index in [4.69, 9.17) is 16.0 Å². The van der Waals surface area contributed by atoms with E-state index in [9.17, 15) is 33.0 Å². The average molecular weight is 777 g/mol. The van der Waals surface area contributed by atoms with Crippen molar-refractivity contribution < 1.29 is 37.4 Å². The summed E-state index contributed by atoms with van der Waals surface area (Å²) in [7, 11) is 0. The van der Waals surface area contributed by atoms with Gasteiger partial charge in [0, 0.05) is 28.8 Å². The second-order valence-corrected chi connectivity index (χ2v) is 15.8. The highest BCUT2D eigenvalue weighted by Crippen LogP contribution is 2.59. The molecular weight excluding hydrogens is 729 g/mol. The minimum absolute atomic E-state index is 0.00631. The number of allylic oxidation sites excluding steroid dienone is 2. The van der Waals surface area contributed by atoms with Crippen molar-refractivity contribution in [1.29, 1.82) is 0 Å². The molecule has 2 amide bonds. The Morgan fingerprint density at radius 2 is 1.78 bits per heavy atom. The van der Waals surface area contributed by atoms with Crippen LogP contribution in [0.15, 0.2) is 94.9 Å². The first kappa shape index (κ1) is 40.3. The maximum absolute atomic E-state index is 14.6. The largest absolute Gasteiger partial charge is 0.453 e. The van der Waals surface area contributed by atoms with E-state index in [1.54, 1.807) is 11.0 Å². The number of anilines is 1. The number of carbonyl (C=O) groups is 2. The number of alkyl halides is 3. The highest BCUT2D eigenvalue weighted by atomic mass is 35.5. The van der Waals surface area contributed by atoms with Gasteiger partial charge in [0.1, 0.15) is 5.76 Å². The number of amides is 2. The van der Waals surface area contributed by atoms with Crippen LogP contribution in [-0.4, -0.2) is 51.7 Å². The first-order chi connectivity index (χ1) is 26.1. The van der Waals surface area contributed by atoms with Crippen LogP contribution >= 0.6 is 11.6 Å². The maximum Gasteiger partial charge on any atom is 0.416 e. The number of hydrogen-bond acceptors (Lipinski definition) is 5. The molecule has 292 valence electrons. The molecule has 0 saturated heterocycles. The number of nitrogens with zero attached hydrogens (tertiary/aromatic N) is 1. The molecule has 1 heterocycles. The summed E-state index contributed by atoms with van der Waals surface area (Å²) in [5.74, 6) is -0.859. The lowest BCUT2D eigenvalue weighted by Gasteiger charge is -2.46. The van der Waals surface area contributed by atoms with E-state index in [1.807, 2.05) is 63.2 Å². The summed E-state index contributed by atoms with van der Waals surface area (Å²) in [4.78, 5) is 29.9. The van der Waals surface area contributed by atoms with Gasteiger partial charge in [0.2, 0.25) is 5.78 Å². The summed E-state index contributed by atoms with van der Waals surface area (Å²) in [6, 6.07) is 20.3. The van der Waals surface area contributed by atoms with Crippen molar-refractivity contribution in [2.75, 3.05) is 18.4 Å².